The number of anilines is 1. The maximum Gasteiger partial charge on any atom is 0.274 e. The topological polar surface area (TPSA) is 59.3 Å². The second-order valence-corrected chi connectivity index (χ2v) is 4.77. The Kier molecular flexibility index (Phi) is 3.30. The first-order valence-electron chi connectivity index (χ1n) is 5.71. The fourth-order valence-electron chi connectivity index (χ4n) is 1.79. The van der Waals surface area contributed by atoms with Gasteiger partial charge in [0.2, 0.25) is 0 Å². The SMILES string of the molecule is O=C(Nc1cccc(Cl)c1Cl)c1ccnc2ccnn12. The number of rotatable bonds is 2. The highest BCUT2D eigenvalue weighted by atomic mass is 35.5. The van der Waals surface area contributed by atoms with Crippen LogP contribution in [0.15, 0.2) is 42.7 Å². The van der Waals surface area contributed by atoms with Crippen molar-refractivity contribution >= 4 is 40.4 Å². The predicted molar refractivity (Wildman–Crippen MR) is 77.4 cm³/mol. The van der Waals surface area contributed by atoms with Gasteiger partial charge in [-0.3, -0.25) is 4.79 Å². The summed E-state index contributed by atoms with van der Waals surface area (Å²) in [4.78, 5) is 16.4. The minimum Gasteiger partial charge on any atom is -0.319 e. The summed E-state index contributed by atoms with van der Waals surface area (Å²) in [6.45, 7) is 0. The molecule has 5 nitrogen and oxygen atoms in total. The third-order valence-corrected chi connectivity index (χ3v) is 3.54. The summed E-state index contributed by atoms with van der Waals surface area (Å²) >= 11 is 12.0. The minimum atomic E-state index is -0.342. The largest absolute Gasteiger partial charge is 0.319 e. The van der Waals surface area contributed by atoms with Gasteiger partial charge in [0.1, 0.15) is 5.69 Å². The molecule has 3 aromatic rings. The molecule has 1 aromatic carbocycles. The Morgan fingerprint density at radius 2 is 2.00 bits per heavy atom. The van der Waals surface area contributed by atoms with Gasteiger partial charge in [-0.15, -0.1) is 0 Å². The average Bonchev–Trinajstić information content (AvgIpc) is 2.92. The molecule has 0 atom stereocenters. The second-order valence-electron chi connectivity index (χ2n) is 3.99. The Morgan fingerprint density at radius 3 is 2.85 bits per heavy atom. The van der Waals surface area contributed by atoms with Crippen LogP contribution >= 0.6 is 23.2 Å². The molecule has 0 saturated heterocycles. The Labute approximate surface area is 124 Å². The molecule has 0 aliphatic carbocycles. The van der Waals surface area contributed by atoms with Crippen LogP contribution in [-0.4, -0.2) is 20.5 Å². The van der Waals surface area contributed by atoms with Crippen LogP contribution in [0.25, 0.3) is 5.65 Å². The summed E-state index contributed by atoms with van der Waals surface area (Å²) in [6, 6.07) is 8.32. The normalized spacial score (nSPS) is 10.7. The van der Waals surface area contributed by atoms with Gasteiger partial charge >= 0.3 is 0 Å². The van der Waals surface area contributed by atoms with Crippen LogP contribution in [0.2, 0.25) is 10.0 Å². The lowest BCUT2D eigenvalue weighted by Gasteiger charge is -2.08. The summed E-state index contributed by atoms with van der Waals surface area (Å²) in [6.07, 6.45) is 3.12. The van der Waals surface area contributed by atoms with Crippen molar-refractivity contribution in [3.63, 3.8) is 0 Å². The van der Waals surface area contributed by atoms with Crippen molar-refractivity contribution < 1.29 is 4.79 Å². The maximum absolute atomic E-state index is 12.3. The van der Waals surface area contributed by atoms with Gasteiger partial charge in [-0.25, -0.2) is 9.50 Å². The monoisotopic (exact) mass is 306 g/mol. The van der Waals surface area contributed by atoms with Gasteiger partial charge in [0.05, 0.1) is 21.9 Å². The summed E-state index contributed by atoms with van der Waals surface area (Å²) < 4.78 is 1.45. The zero-order valence-corrected chi connectivity index (χ0v) is 11.6. The first-order chi connectivity index (χ1) is 9.66. The number of nitrogens with zero attached hydrogens (tertiary/aromatic N) is 3. The van der Waals surface area contributed by atoms with Crippen LogP contribution < -0.4 is 5.32 Å². The Bertz CT molecular complexity index is 800. The minimum absolute atomic E-state index is 0.299. The van der Waals surface area contributed by atoms with Gasteiger partial charge in [0, 0.05) is 12.3 Å². The molecule has 0 spiro atoms. The molecule has 0 bridgehead atoms. The van der Waals surface area contributed by atoms with Crippen molar-refractivity contribution in [2.75, 3.05) is 5.32 Å². The van der Waals surface area contributed by atoms with Crippen molar-refractivity contribution in [2.45, 2.75) is 0 Å². The standard InChI is InChI=1S/C13H8Cl2N4O/c14-8-2-1-3-9(12(8)15)18-13(20)10-4-6-16-11-5-7-17-19(10)11/h1-7H,(H,18,20). The molecule has 0 aliphatic rings. The molecule has 2 aromatic heterocycles. The van der Waals surface area contributed by atoms with E-state index in [0.717, 1.165) is 0 Å². The maximum atomic E-state index is 12.3. The lowest BCUT2D eigenvalue weighted by atomic mass is 10.3. The van der Waals surface area contributed by atoms with E-state index in [1.165, 1.54) is 4.52 Å². The smallest absolute Gasteiger partial charge is 0.274 e. The molecule has 0 radical (unpaired) electrons. The third kappa shape index (κ3) is 2.21. The lowest BCUT2D eigenvalue weighted by molar-refractivity contribution is 0.102. The molecule has 1 amide bonds. The van der Waals surface area contributed by atoms with Crippen LogP contribution in [0.4, 0.5) is 5.69 Å². The van der Waals surface area contributed by atoms with Crippen LogP contribution in [-0.2, 0) is 0 Å². The van der Waals surface area contributed by atoms with E-state index in [-0.39, 0.29) is 5.91 Å². The molecule has 0 aliphatic heterocycles. The van der Waals surface area contributed by atoms with E-state index in [0.29, 0.717) is 27.1 Å². The van der Waals surface area contributed by atoms with E-state index in [2.05, 4.69) is 15.4 Å². The molecular weight excluding hydrogens is 299 g/mol. The molecule has 20 heavy (non-hydrogen) atoms. The van der Waals surface area contributed by atoms with Crippen LogP contribution in [0.3, 0.4) is 0 Å². The molecule has 0 unspecified atom stereocenters. The zero-order valence-electron chi connectivity index (χ0n) is 10.0. The summed E-state index contributed by atoms with van der Waals surface area (Å²) in [5.74, 6) is -0.342. The molecule has 7 heteroatoms. The number of aromatic nitrogens is 3. The molecule has 3 rings (SSSR count). The van der Waals surface area contributed by atoms with Crippen LogP contribution in [0.1, 0.15) is 10.5 Å². The number of carbonyl (C=O) groups is 1. The Hall–Kier alpha value is -2.11. The van der Waals surface area contributed by atoms with Gasteiger partial charge in [-0.05, 0) is 18.2 Å². The first-order valence-corrected chi connectivity index (χ1v) is 6.46. The van der Waals surface area contributed by atoms with E-state index >= 15 is 0 Å². The van der Waals surface area contributed by atoms with E-state index < -0.39 is 0 Å². The third-order valence-electron chi connectivity index (χ3n) is 2.72. The van der Waals surface area contributed by atoms with Crippen molar-refractivity contribution in [1.82, 2.24) is 14.6 Å². The number of fused-ring (bicyclic) bond motifs is 1. The van der Waals surface area contributed by atoms with Crippen molar-refractivity contribution in [2.24, 2.45) is 0 Å². The van der Waals surface area contributed by atoms with Crippen molar-refractivity contribution in [3.8, 4) is 0 Å². The molecule has 1 N–H and O–H groups in total. The highest BCUT2D eigenvalue weighted by Crippen LogP contribution is 2.29. The molecule has 0 fully saturated rings. The Balaban J connectivity index is 1.97. The zero-order chi connectivity index (χ0) is 14.1. The summed E-state index contributed by atoms with van der Waals surface area (Å²) in [7, 11) is 0. The highest BCUT2D eigenvalue weighted by Gasteiger charge is 2.13. The lowest BCUT2D eigenvalue weighted by Crippen LogP contribution is -2.17. The number of benzene rings is 1. The first kappa shape index (κ1) is 12.9. The van der Waals surface area contributed by atoms with Crippen molar-refractivity contribution in [3.05, 3.63) is 58.5 Å². The second kappa shape index (κ2) is 5.11. The Morgan fingerprint density at radius 1 is 1.15 bits per heavy atom. The number of carbonyl (C=O) groups excluding carboxylic acids is 1. The number of nitrogens with one attached hydrogen (secondary N) is 1. The highest BCUT2D eigenvalue weighted by molar-refractivity contribution is 6.44. The van der Waals surface area contributed by atoms with E-state index in [1.807, 2.05) is 0 Å². The molecule has 2 heterocycles. The number of halogens is 2. The van der Waals surface area contributed by atoms with Gasteiger partial charge < -0.3 is 5.32 Å². The van der Waals surface area contributed by atoms with E-state index in [1.54, 1.807) is 42.7 Å². The van der Waals surface area contributed by atoms with Crippen LogP contribution in [0, 0.1) is 0 Å². The molecular formula is C13H8Cl2N4O. The molecule has 0 saturated carbocycles. The fraction of sp³-hybridized carbons (Fsp3) is 0. The van der Waals surface area contributed by atoms with Gasteiger partial charge in [-0.1, -0.05) is 29.3 Å². The summed E-state index contributed by atoms with van der Waals surface area (Å²) in [5, 5.41) is 7.44. The van der Waals surface area contributed by atoms with Gasteiger partial charge in [0.15, 0.2) is 5.65 Å². The fourth-order valence-corrected chi connectivity index (χ4v) is 2.14. The average molecular weight is 307 g/mol. The van der Waals surface area contributed by atoms with Gasteiger partial charge in [0.25, 0.3) is 5.91 Å². The van der Waals surface area contributed by atoms with Gasteiger partial charge in [-0.2, -0.15) is 5.10 Å². The van der Waals surface area contributed by atoms with E-state index in [4.69, 9.17) is 23.2 Å². The van der Waals surface area contributed by atoms with Crippen LogP contribution in [0.5, 0.6) is 0 Å². The quantitative estimate of drug-likeness (QED) is 0.790. The van der Waals surface area contributed by atoms with E-state index in [9.17, 15) is 4.79 Å². The number of hydrogen-bond donors (Lipinski definition) is 1. The number of amides is 1. The summed E-state index contributed by atoms with van der Waals surface area (Å²) in [5.41, 5.74) is 1.40. The van der Waals surface area contributed by atoms with Crippen molar-refractivity contribution in [1.29, 1.82) is 0 Å². The number of hydrogen-bond acceptors (Lipinski definition) is 3. The predicted octanol–water partition coefficient (Wildman–Crippen LogP) is 3.29. The molecule has 100 valence electrons.